The lowest BCUT2D eigenvalue weighted by molar-refractivity contribution is -0.116. The van der Waals surface area contributed by atoms with Gasteiger partial charge >= 0.3 is 0 Å². The van der Waals surface area contributed by atoms with Gasteiger partial charge in [-0.05, 0) is 53.2 Å². The smallest absolute Gasteiger partial charge is 0.275 e. The lowest BCUT2D eigenvalue weighted by Gasteiger charge is -2.07. The van der Waals surface area contributed by atoms with Gasteiger partial charge in [0.25, 0.3) is 5.91 Å². The largest absolute Gasteiger partial charge is 0.507 e. The van der Waals surface area contributed by atoms with Crippen LogP contribution in [0.15, 0.2) is 96.2 Å². The minimum absolute atomic E-state index is 0.0308. The van der Waals surface area contributed by atoms with Crippen LogP contribution in [0.3, 0.4) is 0 Å². The highest BCUT2D eigenvalue weighted by Gasteiger charge is 2.13. The highest BCUT2D eigenvalue weighted by molar-refractivity contribution is 6.03. The number of phenols is 1. The summed E-state index contributed by atoms with van der Waals surface area (Å²) >= 11 is 0. The second kappa shape index (κ2) is 9.71. The van der Waals surface area contributed by atoms with Crippen LogP contribution in [0.5, 0.6) is 5.75 Å². The lowest BCUT2D eigenvalue weighted by Crippen LogP contribution is -2.18. The van der Waals surface area contributed by atoms with Crippen molar-refractivity contribution in [3.05, 3.63) is 108 Å². The van der Waals surface area contributed by atoms with Gasteiger partial charge in [-0.1, -0.05) is 42.5 Å². The molecule has 0 aliphatic rings. The van der Waals surface area contributed by atoms with Gasteiger partial charge < -0.3 is 15.0 Å². The first-order chi connectivity index (χ1) is 17.5. The number of aromatic nitrogens is 1. The van der Waals surface area contributed by atoms with Crippen molar-refractivity contribution in [2.75, 3.05) is 5.32 Å². The van der Waals surface area contributed by atoms with E-state index >= 15 is 0 Å². The number of hydrogen-bond acceptors (Lipinski definition) is 4. The first kappa shape index (κ1) is 22.8. The van der Waals surface area contributed by atoms with Crippen LogP contribution in [0.1, 0.15) is 15.9 Å². The molecule has 4 aromatic carbocycles. The van der Waals surface area contributed by atoms with Gasteiger partial charge in [-0.2, -0.15) is 5.10 Å². The number of nitrogens with zero attached hydrogens (tertiary/aromatic N) is 2. The predicted octanol–water partition coefficient (Wildman–Crippen LogP) is 5.04. The number of phenolic OH excluding ortho intramolecular Hbond substituents is 1. The van der Waals surface area contributed by atoms with Crippen molar-refractivity contribution < 1.29 is 19.1 Å². The molecule has 0 saturated carbocycles. The molecular weight excluding hydrogens is 459 g/mol. The summed E-state index contributed by atoms with van der Waals surface area (Å²) in [5.41, 5.74) is 4.58. The molecule has 0 unspecified atom stereocenters. The van der Waals surface area contributed by atoms with E-state index in [4.69, 9.17) is 0 Å². The number of carbonyl (C=O) groups excluding carboxylic acids is 2. The van der Waals surface area contributed by atoms with Gasteiger partial charge in [-0.25, -0.2) is 9.82 Å². The highest BCUT2D eigenvalue weighted by atomic mass is 19.1. The van der Waals surface area contributed by atoms with Gasteiger partial charge in [-0.3, -0.25) is 9.59 Å². The summed E-state index contributed by atoms with van der Waals surface area (Å²) < 4.78 is 14.9. The Bertz CT molecular complexity index is 1620. The summed E-state index contributed by atoms with van der Waals surface area (Å²) in [4.78, 5) is 25.2. The third-order valence-electron chi connectivity index (χ3n) is 5.74. The van der Waals surface area contributed by atoms with E-state index in [0.717, 1.165) is 21.7 Å². The van der Waals surface area contributed by atoms with Gasteiger partial charge in [0.05, 0.1) is 11.8 Å². The zero-order valence-corrected chi connectivity index (χ0v) is 19.0. The summed E-state index contributed by atoms with van der Waals surface area (Å²) in [6.07, 6.45) is 3.25. The van der Waals surface area contributed by atoms with Crippen molar-refractivity contribution in [2.24, 2.45) is 5.10 Å². The van der Waals surface area contributed by atoms with E-state index in [1.807, 2.05) is 48.5 Å². The fourth-order valence-corrected chi connectivity index (χ4v) is 4.03. The number of anilines is 1. The van der Waals surface area contributed by atoms with Gasteiger partial charge in [0.2, 0.25) is 5.91 Å². The Kier molecular flexibility index (Phi) is 6.15. The van der Waals surface area contributed by atoms with Crippen LogP contribution in [-0.2, 0) is 11.3 Å². The maximum absolute atomic E-state index is 13.1. The molecule has 5 rings (SSSR count). The lowest BCUT2D eigenvalue weighted by atomic mass is 10.1. The number of rotatable bonds is 6. The molecule has 0 fully saturated rings. The van der Waals surface area contributed by atoms with Crippen LogP contribution < -0.4 is 10.7 Å². The number of fused-ring (bicyclic) bond motifs is 2. The third-order valence-corrected chi connectivity index (χ3v) is 5.74. The van der Waals surface area contributed by atoms with Crippen LogP contribution in [0.2, 0.25) is 0 Å². The van der Waals surface area contributed by atoms with Crippen molar-refractivity contribution in [1.82, 2.24) is 9.99 Å². The second-order valence-electron chi connectivity index (χ2n) is 8.20. The van der Waals surface area contributed by atoms with E-state index in [1.54, 1.807) is 22.9 Å². The number of benzene rings is 4. The van der Waals surface area contributed by atoms with Crippen LogP contribution in [-0.4, -0.2) is 27.7 Å². The molecule has 0 bridgehead atoms. The number of hydrogen-bond donors (Lipinski definition) is 3. The number of para-hydroxylation sites is 1. The van der Waals surface area contributed by atoms with Crippen molar-refractivity contribution in [1.29, 1.82) is 0 Å². The summed E-state index contributed by atoms with van der Waals surface area (Å²) in [6.45, 7) is 0.0308. The van der Waals surface area contributed by atoms with Gasteiger partial charge in [-0.15, -0.1) is 0 Å². The van der Waals surface area contributed by atoms with Crippen molar-refractivity contribution in [2.45, 2.75) is 6.54 Å². The van der Waals surface area contributed by atoms with E-state index in [2.05, 4.69) is 15.8 Å². The number of amides is 2. The predicted molar refractivity (Wildman–Crippen MR) is 138 cm³/mol. The molecule has 1 heterocycles. The molecule has 0 atom stereocenters. The molecule has 7 nitrogen and oxygen atoms in total. The molecule has 1 aromatic heterocycles. The van der Waals surface area contributed by atoms with Gasteiger partial charge in [0.15, 0.2) is 0 Å². The molecule has 3 N–H and O–H groups in total. The zero-order chi connectivity index (χ0) is 25.1. The molecule has 5 aromatic rings. The SMILES string of the molecule is O=C(Cn1cc(C=NNC(=O)c2cc3ccccc3cc2O)c2ccccc21)Nc1ccc(F)cc1. The molecule has 178 valence electrons. The first-order valence-corrected chi connectivity index (χ1v) is 11.2. The number of nitrogens with one attached hydrogen (secondary N) is 2. The van der Waals surface area contributed by atoms with E-state index in [1.165, 1.54) is 30.5 Å². The van der Waals surface area contributed by atoms with Crippen molar-refractivity contribution in [3.63, 3.8) is 0 Å². The number of hydrazone groups is 1. The van der Waals surface area contributed by atoms with Gasteiger partial charge in [0, 0.05) is 28.4 Å². The summed E-state index contributed by atoms with van der Waals surface area (Å²) in [6, 6.07) is 23.6. The summed E-state index contributed by atoms with van der Waals surface area (Å²) in [5, 5.41) is 19.6. The monoisotopic (exact) mass is 480 g/mol. The van der Waals surface area contributed by atoms with E-state index in [-0.39, 0.29) is 29.6 Å². The minimum Gasteiger partial charge on any atom is -0.507 e. The molecule has 8 heteroatoms. The number of carbonyl (C=O) groups is 2. The Balaban J connectivity index is 1.33. The van der Waals surface area contributed by atoms with Gasteiger partial charge in [0.1, 0.15) is 18.1 Å². The second-order valence-corrected chi connectivity index (χ2v) is 8.20. The Hall–Kier alpha value is -4.98. The Morgan fingerprint density at radius 2 is 1.64 bits per heavy atom. The summed E-state index contributed by atoms with van der Waals surface area (Å²) in [5.74, 6) is -1.33. The molecular formula is C28H21FN4O3. The fourth-order valence-electron chi connectivity index (χ4n) is 4.03. The van der Waals surface area contributed by atoms with Crippen molar-refractivity contribution in [3.8, 4) is 5.75 Å². The topological polar surface area (TPSA) is 95.7 Å². The quantitative estimate of drug-likeness (QED) is 0.235. The van der Waals surface area contributed by atoms with Crippen molar-refractivity contribution >= 4 is 45.4 Å². The number of halogens is 1. The molecule has 36 heavy (non-hydrogen) atoms. The minimum atomic E-state index is -0.545. The number of aromatic hydroxyl groups is 1. The normalized spacial score (nSPS) is 11.2. The average molecular weight is 480 g/mol. The van der Waals surface area contributed by atoms with E-state index < -0.39 is 5.91 Å². The highest BCUT2D eigenvalue weighted by Crippen LogP contribution is 2.25. The Labute approximate surface area is 205 Å². The fraction of sp³-hybridized carbons (Fsp3) is 0.0357. The molecule has 0 aliphatic carbocycles. The van der Waals surface area contributed by atoms with Crippen LogP contribution >= 0.6 is 0 Å². The van der Waals surface area contributed by atoms with E-state index in [0.29, 0.717) is 11.3 Å². The Morgan fingerprint density at radius 3 is 2.42 bits per heavy atom. The molecule has 0 saturated heterocycles. The standard InChI is InChI=1S/C28H21FN4O3/c29-21-9-11-22(12-10-21)31-27(35)17-33-16-20(23-7-3-4-8-25(23)33)15-30-32-28(36)24-13-18-5-1-2-6-19(18)14-26(24)34/h1-16,34H,17H2,(H,31,35)(H,32,36). The Morgan fingerprint density at radius 1 is 0.944 bits per heavy atom. The molecule has 0 radical (unpaired) electrons. The summed E-state index contributed by atoms with van der Waals surface area (Å²) in [7, 11) is 0. The van der Waals surface area contributed by atoms with Crippen LogP contribution in [0.25, 0.3) is 21.7 Å². The van der Waals surface area contributed by atoms with Crippen LogP contribution in [0, 0.1) is 5.82 Å². The maximum atomic E-state index is 13.1. The zero-order valence-electron chi connectivity index (χ0n) is 19.0. The van der Waals surface area contributed by atoms with Crippen LogP contribution in [0.4, 0.5) is 10.1 Å². The molecule has 0 spiro atoms. The third kappa shape index (κ3) is 4.78. The first-order valence-electron chi connectivity index (χ1n) is 11.2. The molecule has 0 aliphatic heterocycles. The molecule has 2 amide bonds. The average Bonchev–Trinajstić information content (AvgIpc) is 3.22. The maximum Gasteiger partial charge on any atom is 0.275 e. The van der Waals surface area contributed by atoms with E-state index in [9.17, 15) is 19.1 Å².